The molecule has 242 valence electrons. The van der Waals surface area contributed by atoms with Crippen LogP contribution in [0.5, 0.6) is 11.5 Å². The molecule has 1 N–H and O–H groups in total. The van der Waals surface area contributed by atoms with Gasteiger partial charge in [-0.15, -0.1) is 0 Å². The Balaban J connectivity index is 1.84. The number of carbonyl (C=O) groups excluding carboxylic acids is 2. The summed E-state index contributed by atoms with van der Waals surface area (Å²) in [7, 11) is -1.43. The van der Waals surface area contributed by atoms with Crippen molar-refractivity contribution < 1.29 is 27.5 Å². The summed E-state index contributed by atoms with van der Waals surface area (Å²) >= 11 is 6.15. The minimum Gasteiger partial charge on any atom is -0.497 e. The largest absolute Gasteiger partial charge is 0.497 e. The van der Waals surface area contributed by atoms with Gasteiger partial charge in [-0.1, -0.05) is 79.2 Å². The molecule has 0 saturated carbocycles. The van der Waals surface area contributed by atoms with Crippen molar-refractivity contribution in [2.45, 2.75) is 37.2 Å². The van der Waals surface area contributed by atoms with Gasteiger partial charge in [0.15, 0.2) is 0 Å². The minimum atomic E-state index is -4.31. The van der Waals surface area contributed by atoms with Gasteiger partial charge in [-0.25, -0.2) is 8.42 Å². The highest BCUT2D eigenvalue weighted by molar-refractivity contribution is 7.92. The maximum Gasteiger partial charge on any atom is 0.264 e. The highest BCUT2D eigenvalue weighted by Crippen LogP contribution is 2.36. The summed E-state index contributed by atoms with van der Waals surface area (Å²) in [4.78, 5) is 29.8. The average molecular weight is 664 g/mol. The number of methoxy groups -OCH3 is 2. The van der Waals surface area contributed by atoms with Gasteiger partial charge in [0.1, 0.15) is 24.1 Å². The molecule has 0 radical (unpaired) electrons. The Morgan fingerprint density at radius 2 is 1.50 bits per heavy atom. The molecule has 4 aromatic rings. The smallest absolute Gasteiger partial charge is 0.264 e. The summed E-state index contributed by atoms with van der Waals surface area (Å²) in [5.41, 5.74) is 1.67. The number of nitrogens with one attached hydrogen (secondary N) is 1. The van der Waals surface area contributed by atoms with Crippen LogP contribution in [0.2, 0.25) is 5.02 Å². The van der Waals surface area contributed by atoms with E-state index in [-0.39, 0.29) is 35.2 Å². The summed E-state index contributed by atoms with van der Waals surface area (Å²) in [5, 5.41) is 3.46. The van der Waals surface area contributed by atoms with Crippen LogP contribution in [0.1, 0.15) is 24.5 Å². The Morgan fingerprint density at radius 1 is 0.848 bits per heavy atom. The standard InChI is InChI=1S/C35H38ClN3O6S/c1-4-21-37-35(41)32(22-26-11-7-5-8-12-26)38(24-27-15-17-28(36)18-16-27)34(40)25-39(46(42,43)30-13-9-6-10-14-30)31-23-29(44-2)19-20-33(31)45-3/h5-20,23,32H,4,21-22,24-25H2,1-3H3,(H,37,41)/t32-/m1/s1. The van der Waals surface area contributed by atoms with E-state index in [1.807, 2.05) is 37.3 Å². The number of hydrogen-bond donors (Lipinski definition) is 1. The average Bonchev–Trinajstić information content (AvgIpc) is 3.08. The van der Waals surface area contributed by atoms with Crippen molar-refractivity contribution in [2.24, 2.45) is 0 Å². The second kappa shape index (κ2) is 16.1. The van der Waals surface area contributed by atoms with Crippen LogP contribution >= 0.6 is 11.6 Å². The summed E-state index contributed by atoms with van der Waals surface area (Å²) in [5.74, 6) is -0.342. The third-order valence-electron chi connectivity index (χ3n) is 7.35. The number of anilines is 1. The number of halogens is 1. The molecule has 9 nitrogen and oxygen atoms in total. The van der Waals surface area contributed by atoms with E-state index >= 15 is 0 Å². The monoisotopic (exact) mass is 663 g/mol. The first-order valence-corrected chi connectivity index (χ1v) is 16.6. The number of carbonyl (C=O) groups is 2. The zero-order valence-corrected chi connectivity index (χ0v) is 27.6. The summed E-state index contributed by atoms with van der Waals surface area (Å²) in [6, 6.07) is 27.9. The van der Waals surface area contributed by atoms with Crippen LogP contribution in [-0.2, 0) is 32.6 Å². The fraction of sp³-hybridized carbons (Fsp3) is 0.257. The van der Waals surface area contributed by atoms with Gasteiger partial charge in [-0.2, -0.15) is 0 Å². The lowest BCUT2D eigenvalue weighted by Crippen LogP contribution is -2.53. The molecule has 0 saturated heterocycles. The number of rotatable bonds is 15. The fourth-order valence-corrected chi connectivity index (χ4v) is 6.49. The van der Waals surface area contributed by atoms with Gasteiger partial charge in [0.05, 0.1) is 24.8 Å². The van der Waals surface area contributed by atoms with Crippen LogP contribution < -0.4 is 19.1 Å². The van der Waals surface area contributed by atoms with E-state index in [4.69, 9.17) is 21.1 Å². The van der Waals surface area contributed by atoms with Gasteiger partial charge in [0, 0.05) is 30.6 Å². The van der Waals surface area contributed by atoms with E-state index in [1.165, 1.54) is 37.3 Å². The first kappa shape index (κ1) is 34.3. The molecule has 0 unspecified atom stereocenters. The molecule has 4 aromatic carbocycles. The van der Waals surface area contributed by atoms with Gasteiger partial charge in [-0.05, 0) is 53.9 Å². The molecule has 0 aromatic heterocycles. The van der Waals surface area contributed by atoms with Gasteiger partial charge in [-0.3, -0.25) is 13.9 Å². The molecule has 46 heavy (non-hydrogen) atoms. The molecule has 0 spiro atoms. The molecule has 0 aliphatic rings. The quantitative estimate of drug-likeness (QED) is 0.175. The second-order valence-electron chi connectivity index (χ2n) is 10.5. The summed E-state index contributed by atoms with van der Waals surface area (Å²) in [6.45, 7) is 1.77. The van der Waals surface area contributed by atoms with Gasteiger partial charge in [0.25, 0.3) is 10.0 Å². The molecular formula is C35H38ClN3O6S. The van der Waals surface area contributed by atoms with Crippen LogP contribution in [0.15, 0.2) is 108 Å². The van der Waals surface area contributed by atoms with Crippen molar-refractivity contribution in [3.8, 4) is 11.5 Å². The van der Waals surface area contributed by atoms with Crippen molar-refractivity contribution >= 4 is 39.1 Å². The molecule has 0 fully saturated rings. The first-order chi connectivity index (χ1) is 22.2. The van der Waals surface area contributed by atoms with Crippen molar-refractivity contribution in [3.63, 3.8) is 0 Å². The molecule has 0 aliphatic heterocycles. The number of benzene rings is 4. The van der Waals surface area contributed by atoms with Crippen LogP contribution in [0.25, 0.3) is 0 Å². The number of hydrogen-bond acceptors (Lipinski definition) is 6. The third-order valence-corrected chi connectivity index (χ3v) is 9.38. The van der Waals surface area contributed by atoms with Crippen LogP contribution in [0, 0.1) is 0 Å². The second-order valence-corrected chi connectivity index (χ2v) is 12.8. The molecule has 11 heteroatoms. The zero-order valence-electron chi connectivity index (χ0n) is 26.1. The van der Waals surface area contributed by atoms with E-state index in [2.05, 4.69) is 5.32 Å². The molecule has 0 aliphatic carbocycles. The SMILES string of the molecule is CCCNC(=O)[C@@H](Cc1ccccc1)N(Cc1ccc(Cl)cc1)C(=O)CN(c1cc(OC)ccc1OC)S(=O)(=O)c1ccccc1. The maximum absolute atomic E-state index is 14.6. The normalized spacial score (nSPS) is 11.7. The third kappa shape index (κ3) is 8.58. The number of nitrogens with zero attached hydrogens (tertiary/aromatic N) is 2. The van der Waals surface area contributed by atoms with Gasteiger partial charge >= 0.3 is 0 Å². The summed E-state index contributed by atoms with van der Waals surface area (Å²) < 4.78 is 40.5. The van der Waals surface area contributed by atoms with Gasteiger partial charge in [0.2, 0.25) is 11.8 Å². The maximum atomic E-state index is 14.6. The Labute approximate surface area is 275 Å². The lowest BCUT2D eigenvalue weighted by Gasteiger charge is -2.34. The molecule has 4 rings (SSSR count). The highest BCUT2D eigenvalue weighted by atomic mass is 35.5. The van der Waals surface area contributed by atoms with E-state index < -0.39 is 28.5 Å². The van der Waals surface area contributed by atoms with Crippen molar-refractivity contribution in [1.82, 2.24) is 10.2 Å². The topological polar surface area (TPSA) is 105 Å². The van der Waals surface area contributed by atoms with Crippen molar-refractivity contribution in [1.29, 1.82) is 0 Å². The predicted octanol–water partition coefficient (Wildman–Crippen LogP) is 5.72. The predicted molar refractivity (Wildman–Crippen MR) is 180 cm³/mol. The first-order valence-electron chi connectivity index (χ1n) is 14.8. The molecule has 0 bridgehead atoms. The number of ether oxygens (including phenoxy) is 2. The van der Waals surface area contributed by atoms with E-state index in [0.29, 0.717) is 23.7 Å². The zero-order chi connectivity index (χ0) is 33.1. The van der Waals surface area contributed by atoms with Gasteiger partial charge < -0.3 is 19.7 Å². The van der Waals surface area contributed by atoms with Crippen LogP contribution in [0.4, 0.5) is 5.69 Å². The molecular weight excluding hydrogens is 626 g/mol. The lowest BCUT2D eigenvalue weighted by atomic mass is 10.0. The van der Waals surface area contributed by atoms with Crippen molar-refractivity contribution in [2.75, 3.05) is 31.6 Å². The fourth-order valence-electron chi connectivity index (χ4n) is 4.93. The van der Waals surface area contributed by atoms with Crippen LogP contribution in [-0.4, -0.2) is 58.5 Å². The molecule has 1 atom stereocenters. The number of amides is 2. The Hall–Kier alpha value is -4.54. The summed E-state index contributed by atoms with van der Waals surface area (Å²) in [6.07, 6.45) is 0.914. The molecule has 2 amide bonds. The van der Waals surface area contributed by atoms with E-state index in [9.17, 15) is 18.0 Å². The Bertz CT molecular complexity index is 1700. The highest BCUT2D eigenvalue weighted by Gasteiger charge is 2.35. The van der Waals surface area contributed by atoms with E-state index in [0.717, 1.165) is 15.4 Å². The molecule has 0 heterocycles. The number of sulfonamides is 1. The van der Waals surface area contributed by atoms with E-state index in [1.54, 1.807) is 54.6 Å². The van der Waals surface area contributed by atoms with Crippen LogP contribution in [0.3, 0.4) is 0 Å². The van der Waals surface area contributed by atoms with Crippen molar-refractivity contribution in [3.05, 3.63) is 119 Å². The lowest BCUT2D eigenvalue weighted by molar-refractivity contribution is -0.140. The Kier molecular flexibility index (Phi) is 12.1. The minimum absolute atomic E-state index is 0.0153. The Morgan fingerprint density at radius 3 is 2.11 bits per heavy atom.